The first-order valence-electron chi connectivity index (χ1n) is 8.39. The summed E-state index contributed by atoms with van der Waals surface area (Å²) in [5.41, 5.74) is 4.41. The highest BCUT2D eigenvalue weighted by Crippen LogP contribution is 2.20. The Morgan fingerprint density at radius 2 is 1.58 bits per heavy atom. The molecule has 0 unspecified atom stereocenters. The van der Waals surface area contributed by atoms with Crippen LogP contribution >= 0.6 is 12.2 Å². The molecule has 26 heavy (non-hydrogen) atoms. The molecule has 0 aliphatic rings. The maximum absolute atomic E-state index is 11.0. The van der Waals surface area contributed by atoms with Crippen LogP contribution in [0.15, 0.2) is 79.1 Å². The van der Waals surface area contributed by atoms with Crippen LogP contribution in [0, 0.1) is 13.8 Å². The Kier molecular flexibility index (Phi) is 5.44. The molecule has 0 atom stereocenters. The lowest BCUT2D eigenvalue weighted by atomic mass is 10.1. The largest absolute Gasteiger partial charge is 0.502 e. The lowest BCUT2D eigenvalue weighted by Gasteiger charge is -2.10. The molecule has 130 valence electrons. The van der Waals surface area contributed by atoms with Crippen molar-refractivity contribution in [2.75, 3.05) is 5.32 Å². The van der Waals surface area contributed by atoms with E-state index in [0.29, 0.717) is 10.7 Å². The Labute approximate surface area is 159 Å². The van der Waals surface area contributed by atoms with Crippen LogP contribution in [0.1, 0.15) is 16.7 Å². The molecular formula is C22H21N2OS+. The highest BCUT2D eigenvalue weighted by atomic mass is 32.1. The normalized spacial score (nSPS) is 11.6. The summed E-state index contributed by atoms with van der Waals surface area (Å²) in [5, 5.41) is 14.2. The van der Waals surface area contributed by atoms with Gasteiger partial charge in [0, 0.05) is 23.4 Å². The molecule has 0 aliphatic heterocycles. The molecule has 0 saturated carbocycles. The van der Waals surface area contributed by atoms with E-state index in [0.717, 1.165) is 22.4 Å². The molecule has 1 aromatic heterocycles. The second kappa shape index (κ2) is 7.93. The van der Waals surface area contributed by atoms with Gasteiger partial charge >= 0.3 is 0 Å². The van der Waals surface area contributed by atoms with Crippen molar-refractivity contribution in [2.45, 2.75) is 13.8 Å². The van der Waals surface area contributed by atoms with E-state index in [1.54, 1.807) is 0 Å². The molecule has 4 heteroatoms. The van der Waals surface area contributed by atoms with E-state index in [-0.39, 0.29) is 5.76 Å². The number of hydrogen-bond acceptors (Lipinski definition) is 2. The number of nitrogens with one attached hydrogen (secondary N) is 1. The molecule has 3 nitrogen and oxygen atoms in total. The van der Waals surface area contributed by atoms with Crippen LogP contribution in [0.5, 0.6) is 0 Å². The minimum atomic E-state index is 0.131. The maximum Gasteiger partial charge on any atom is 0.288 e. The van der Waals surface area contributed by atoms with E-state index >= 15 is 0 Å². The van der Waals surface area contributed by atoms with Crippen LogP contribution < -0.4 is 9.88 Å². The molecular weight excluding hydrogens is 340 g/mol. The Hall–Kier alpha value is -2.98. The molecule has 0 fully saturated rings. The summed E-state index contributed by atoms with van der Waals surface area (Å²) in [6.07, 6.45) is 3.73. The fraction of sp³-hybridized carbons (Fsp3) is 0.0909. The van der Waals surface area contributed by atoms with Crippen molar-refractivity contribution in [1.82, 2.24) is 0 Å². The Bertz CT molecular complexity index is 947. The number of benzene rings is 2. The third-order valence-corrected chi connectivity index (χ3v) is 4.31. The van der Waals surface area contributed by atoms with Crippen molar-refractivity contribution in [1.29, 1.82) is 0 Å². The van der Waals surface area contributed by atoms with Crippen molar-refractivity contribution in [3.8, 4) is 0 Å². The lowest BCUT2D eigenvalue weighted by Crippen LogP contribution is -2.38. The van der Waals surface area contributed by atoms with E-state index in [9.17, 15) is 5.11 Å². The van der Waals surface area contributed by atoms with Gasteiger partial charge in [-0.2, -0.15) is 4.57 Å². The van der Waals surface area contributed by atoms with Gasteiger partial charge in [-0.1, -0.05) is 60.2 Å². The van der Waals surface area contributed by atoms with E-state index in [4.69, 9.17) is 12.2 Å². The Morgan fingerprint density at radius 3 is 2.23 bits per heavy atom. The van der Waals surface area contributed by atoms with Crippen molar-refractivity contribution in [3.63, 3.8) is 0 Å². The predicted molar refractivity (Wildman–Crippen MR) is 111 cm³/mol. The molecule has 0 amide bonds. The highest BCUT2D eigenvalue weighted by Gasteiger charge is 2.23. The number of aryl methyl sites for hydroxylation is 2. The summed E-state index contributed by atoms with van der Waals surface area (Å²) in [4.78, 5) is 0.449. The average Bonchev–Trinajstić information content (AvgIpc) is 2.63. The summed E-state index contributed by atoms with van der Waals surface area (Å²) in [5.74, 6) is 0.131. The SMILES string of the molecule is Cc1ccc(/C(O)=C(/C(=S)Nc2cccc(C)c2)[n+]2ccccc2)cc1. The monoisotopic (exact) mass is 361 g/mol. The quantitative estimate of drug-likeness (QED) is 0.300. The van der Waals surface area contributed by atoms with E-state index in [1.165, 1.54) is 0 Å². The molecule has 0 spiro atoms. The predicted octanol–water partition coefficient (Wildman–Crippen LogP) is 4.91. The summed E-state index contributed by atoms with van der Waals surface area (Å²) in [6.45, 7) is 4.04. The summed E-state index contributed by atoms with van der Waals surface area (Å²) in [6, 6.07) is 21.4. The number of rotatable bonds is 4. The third-order valence-electron chi connectivity index (χ3n) is 4.01. The number of thiocarbonyl (C=S) groups is 1. The van der Waals surface area contributed by atoms with Gasteiger partial charge in [-0.25, -0.2) is 0 Å². The van der Waals surface area contributed by atoms with Gasteiger partial charge in [0.15, 0.2) is 23.1 Å². The average molecular weight is 361 g/mol. The van der Waals surface area contributed by atoms with Gasteiger partial charge in [0.1, 0.15) is 0 Å². The van der Waals surface area contributed by atoms with Crippen LogP contribution in [-0.4, -0.2) is 10.1 Å². The van der Waals surface area contributed by atoms with Crippen LogP contribution in [0.3, 0.4) is 0 Å². The highest BCUT2D eigenvalue weighted by molar-refractivity contribution is 7.81. The number of nitrogens with zero attached hydrogens (tertiary/aromatic N) is 1. The molecule has 2 N–H and O–H groups in total. The molecule has 0 aliphatic carbocycles. The van der Waals surface area contributed by atoms with Crippen molar-refractivity contribution in [2.24, 2.45) is 0 Å². The molecule has 0 saturated heterocycles. The zero-order valence-corrected chi connectivity index (χ0v) is 15.6. The number of aliphatic hydroxyl groups is 1. The number of pyridine rings is 1. The molecule has 3 aromatic rings. The van der Waals surface area contributed by atoms with Gasteiger partial charge in [-0.15, -0.1) is 0 Å². The first kappa shape index (κ1) is 17.8. The minimum absolute atomic E-state index is 0.131. The number of anilines is 1. The van der Waals surface area contributed by atoms with Gasteiger partial charge in [0.25, 0.3) is 5.70 Å². The standard InChI is InChI=1S/C22H20N2OS/c1-16-9-11-18(12-10-16)21(25)20(24-13-4-3-5-14-24)22(26)23-19-8-6-7-17(2)15-19/h3-15H,1-2H3,(H-,23,25,26)/p+1. The van der Waals surface area contributed by atoms with E-state index < -0.39 is 0 Å². The maximum atomic E-state index is 11.0. The van der Waals surface area contributed by atoms with Gasteiger partial charge < -0.3 is 10.4 Å². The molecule has 1 heterocycles. The minimum Gasteiger partial charge on any atom is -0.502 e. The van der Waals surface area contributed by atoms with Gasteiger partial charge in [-0.3, -0.25) is 0 Å². The second-order valence-electron chi connectivity index (χ2n) is 6.17. The fourth-order valence-corrected chi connectivity index (χ4v) is 2.98. The summed E-state index contributed by atoms with van der Waals surface area (Å²) >= 11 is 5.63. The number of aromatic nitrogens is 1. The van der Waals surface area contributed by atoms with E-state index in [2.05, 4.69) is 5.32 Å². The third kappa shape index (κ3) is 4.16. The van der Waals surface area contributed by atoms with Crippen LogP contribution in [-0.2, 0) is 0 Å². The van der Waals surface area contributed by atoms with Gasteiger partial charge in [0.05, 0.1) is 0 Å². The topological polar surface area (TPSA) is 36.1 Å². The fourth-order valence-electron chi connectivity index (χ4n) is 2.66. The molecule has 0 radical (unpaired) electrons. The molecule has 0 bridgehead atoms. The Morgan fingerprint density at radius 1 is 0.885 bits per heavy atom. The van der Waals surface area contributed by atoms with Crippen LogP contribution in [0.4, 0.5) is 5.69 Å². The first-order chi connectivity index (χ1) is 12.5. The smallest absolute Gasteiger partial charge is 0.288 e. The molecule has 3 rings (SSSR count). The number of aliphatic hydroxyl groups excluding tert-OH is 1. The zero-order chi connectivity index (χ0) is 18.5. The van der Waals surface area contributed by atoms with Gasteiger partial charge in [-0.05, 0) is 31.5 Å². The molecule has 2 aromatic carbocycles. The first-order valence-corrected chi connectivity index (χ1v) is 8.80. The number of hydrogen-bond donors (Lipinski definition) is 2. The second-order valence-corrected chi connectivity index (χ2v) is 6.58. The van der Waals surface area contributed by atoms with Crippen LogP contribution in [0.25, 0.3) is 11.5 Å². The van der Waals surface area contributed by atoms with Gasteiger partial charge in [0.2, 0.25) is 0 Å². The zero-order valence-electron chi connectivity index (χ0n) is 14.8. The van der Waals surface area contributed by atoms with Crippen LogP contribution in [0.2, 0.25) is 0 Å². The van der Waals surface area contributed by atoms with Crippen molar-refractivity contribution in [3.05, 3.63) is 95.8 Å². The van der Waals surface area contributed by atoms with Crippen molar-refractivity contribution < 1.29 is 9.67 Å². The van der Waals surface area contributed by atoms with Crippen molar-refractivity contribution >= 4 is 34.3 Å². The Balaban J connectivity index is 2.05. The lowest BCUT2D eigenvalue weighted by molar-refractivity contribution is -0.575. The summed E-state index contributed by atoms with van der Waals surface area (Å²) in [7, 11) is 0. The summed E-state index contributed by atoms with van der Waals surface area (Å²) < 4.78 is 1.82. The van der Waals surface area contributed by atoms with E-state index in [1.807, 2.05) is 97.5 Å².